The summed E-state index contributed by atoms with van der Waals surface area (Å²) in [6, 6.07) is 14.2. The van der Waals surface area contributed by atoms with Gasteiger partial charge in [0.15, 0.2) is 0 Å². The Morgan fingerprint density at radius 1 is 1.10 bits per heavy atom. The first kappa shape index (κ1) is 15.1. The smallest absolute Gasteiger partial charge is 0.140 e. The summed E-state index contributed by atoms with van der Waals surface area (Å²) in [6.45, 7) is 6.08. The van der Waals surface area contributed by atoms with E-state index in [2.05, 4.69) is 41.1 Å². The van der Waals surface area contributed by atoms with Crippen molar-refractivity contribution in [2.24, 2.45) is 5.73 Å². The molecular weight excluding hydrogens is 314 g/mol. The fourth-order valence-electron chi connectivity index (χ4n) is 2.13. The van der Waals surface area contributed by atoms with Gasteiger partial charge in [-0.05, 0) is 44.0 Å². The third-order valence-electron chi connectivity index (χ3n) is 3.29. The summed E-state index contributed by atoms with van der Waals surface area (Å²) in [7, 11) is 0. The van der Waals surface area contributed by atoms with E-state index in [1.54, 1.807) is 0 Å². The average Bonchev–Trinajstić information content (AvgIpc) is 2.40. The van der Waals surface area contributed by atoms with E-state index in [1.165, 1.54) is 5.56 Å². The number of benzene rings is 2. The van der Waals surface area contributed by atoms with Crippen LogP contribution in [0, 0.1) is 13.8 Å². The van der Waals surface area contributed by atoms with E-state index in [4.69, 9.17) is 10.5 Å². The van der Waals surface area contributed by atoms with E-state index in [-0.39, 0.29) is 12.1 Å². The molecule has 0 bridgehead atoms. The Bertz CT molecular complexity index is 595. The van der Waals surface area contributed by atoms with Gasteiger partial charge in [0.2, 0.25) is 0 Å². The van der Waals surface area contributed by atoms with Gasteiger partial charge in [-0.25, -0.2) is 0 Å². The van der Waals surface area contributed by atoms with E-state index in [0.717, 1.165) is 21.3 Å². The van der Waals surface area contributed by atoms with Crippen molar-refractivity contribution in [2.75, 3.05) is 0 Å². The van der Waals surface area contributed by atoms with E-state index >= 15 is 0 Å². The lowest BCUT2D eigenvalue weighted by Gasteiger charge is -2.25. The van der Waals surface area contributed by atoms with Crippen molar-refractivity contribution in [3.8, 4) is 5.75 Å². The maximum atomic E-state index is 6.20. The van der Waals surface area contributed by atoms with Gasteiger partial charge in [-0.2, -0.15) is 0 Å². The number of halogens is 1. The lowest BCUT2D eigenvalue weighted by Crippen LogP contribution is -2.29. The lowest BCUT2D eigenvalue weighted by molar-refractivity contribution is 0.178. The van der Waals surface area contributed by atoms with Gasteiger partial charge in [-0.1, -0.05) is 46.3 Å². The van der Waals surface area contributed by atoms with Crippen LogP contribution in [0.15, 0.2) is 46.9 Å². The third-order valence-corrected chi connectivity index (χ3v) is 4.01. The summed E-state index contributed by atoms with van der Waals surface area (Å²) in [6.07, 6.45) is -0.175. The molecule has 20 heavy (non-hydrogen) atoms. The maximum Gasteiger partial charge on any atom is 0.140 e. The highest BCUT2D eigenvalue weighted by Crippen LogP contribution is 2.31. The monoisotopic (exact) mass is 333 g/mol. The molecule has 0 aliphatic heterocycles. The largest absolute Gasteiger partial charge is 0.484 e. The zero-order valence-corrected chi connectivity index (χ0v) is 13.6. The number of hydrogen-bond acceptors (Lipinski definition) is 2. The fourth-order valence-corrected chi connectivity index (χ4v) is 2.64. The molecule has 0 saturated carbocycles. The fraction of sp³-hybridized carbons (Fsp3) is 0.294. The molecule has 2 unspecified atom stereocenters. The van der Waals surface area contributed by atoms with E-state index in [1.807, 2.05) is 38.1 Å². The predicted octanol–water partition coefficient (Wildman–Crippen LogP) is 4.53. The summed E-state index contributed by atoms with van der Waals surface area (Å²) in [5, 5.41) is 0. The Morgan fingerprint density at radius 3 is 2.45 bits per heavy atom. The van der Waals surface area contributed by atoms with Crippen LogP contribution >= 0.6 is 15.9 Å². The van der Waals surface area contributed by atoms with Gasteiger partial charge in [0.25, 0.3) is 0 Å². The molecule has 0 spiro atoms. The first-order chi connectivity index (χ1) is 9.49. The number of nitrogens with two attached hydrogens (primary N) is 1. The van der Waals surface area contributed by atoms with Crippen molar-refractivity contribution >= 4 is 15.9 Å². The van der Waals surface area contributed by atoms with Crippen molar-refractivity contribution < 1.29 is 4.74 Å². The van der Waals surface area contributed by atoms with E-state index < -0.39 is 0 Å². The molecule has 0 saturated heterocycles. The van der Waals surface area contributed by atoms with Crippen LogP contribution in [0.1, 0.15) is 29.7 Å². The highest BCUT2D eigenvalue weighted by atomic mass is 79.9. The minimum absolute atomic E-state index is 0.103. The van der Waals surface area contributed by atoms with Gasteiger partial charge in [0.1, 0.15) is 11.9 Å². The molecule has 0 heterocycles. The summed E-state index contributed by atoms with van der Waals surface area (Å²) in [5.41, 5.74) is 9.50. The van der Waals surface area contributed by atoms with Crippen molar-refractivity contribution in [1.29, 1.82) is 0 Å². The van der Waals surface area contributed by atoms with Crippen molar-refractivity contribution in [1.82, 2.24) is 0 Å². The van der Waals surface area contributed by atoms with Gasteiger partial charge in [-0.3, -0.25) is 0 Å². The SMILES string of the molecule is Cc1ccc(C)c(OC(c2ccccc2Br)C(C)N)c1. The number of hydrogen-bond donors (Lipinski definition) is 1. The number of ether oxygens (including phenoxy) is 1. The molecule has 3 heteroatoms. The second-order valence-electron chi connectivity index (χ2n) is 5.19. The molecule has 2 N–H and O–H groups in total. The predicted molar refractivity (Wildman–Crippen MR) is 87.1 cm³/mol. The molecule has 2 atom stereocenters. The molecule has 0 aliphatic rings. The molecule has 106 valence electrons. The van der Waals surface area contributed by atoms with E-state index in [0.29, 0.717) is 0 Å². The van der Waals surface area contributed by atoms with Crippen molar-refractivity contribution in [2.45, 2.75) is 32.9 Å². The highest BCUT2D eigenvalue weighted by molar-refractivity contribution is 9.10. The third kappa shape index (κ3) is 3.41. The number of rotatable bonds is 4. The lowest BCUT2D eigenvalue weighted by atomic mass is 10.0. The van der Waals surface area contributed by atoms with Crippen LogP contribution in [0.5, 0.6) is 5.75 Å². The Hall–Kier alpha value is -1.32. The highest BCUT2D eigenvalue weighted by Gasteiger charge is 2.21. The zero-order valence-electron chi connectivity index (χ0n) is 12.1. The summed E-state index contributed by atoms with van der Waals surface area (Å²) in [4.78, 5) is 0. The average molecular weight is 334 g/mol. The van der Waals surface area contributed by atoms with Gasteiger partial charge >= 0.3 is 0 Å². The molecule has 0 amide bonds. The van der Waals surface area contributed by atoms with Crippen LogP contribution in [0.25, 0.3) is 0 Å². The topological polar surface area (TPSA) is 35.2 Å². The minimum atomic E-state index is -0.175. The second kappa shape index (κ2) is 6.42. The molecular formula is C17H20BrNO. The van der Waals surface area contributed by atoms with Crippen LogP contribution in [0.3, 0.4) is 0 Å². The minimum Gasteiger partial charge on any atom is -0.484 e. The van der Waals surface area contributed by atoms with Crippen LogP contribution in [0.2, 0.25) is 0 Å². The van der Waals surface area contributed by atoms with Crippen LogP contribution in [-0.2, 0) is 0 Å². The molecule has 2 aromatic carbocycles. The quantitative estimate of drug-likeness (QED) is 0.891. The summed E-state index contributed by atoms with van der Waals surface area (Å²) in [5.74, 6) is 0.892. The van der Waals surface area contributed by atoms with Crippen molar-refractivity contribution in [3.63, 3.8) is 0 Å². The van der Waals surface area contributed by atoms with Crippen LogP contribution in [0.4, 0.5) is 0 Å². The number of aryl methyl sites for hydroxylation is 2. The van der Waals surface area contributed by atoms with Crippen LogP contribution < -0.4 is 10.5 Å². The van der Waals surface area contributed by atoms with Gasteiger partial charge < -0.3 is 10.5 Å². The van der Waals surface area contributed by atoms with Gasteiger partial charge in [0, 0.05) is 16.1 Å². The van der Waals surface area contributed by atoms with E-state index in [9.17, 15) is 0 Å². The Morgan fingerprint density at radius 2 is 1.80 bits per heavy atom. The first-order valence-corrected chi connectivity index (χ1v) is 7.52. The second-order valence-corrected chi connectivity index (χ2v) is 6.04. The summed E-state index contributed by atoms with van der Waals surface area (Å²) >= 11 is 3.58. The molecule has 0 radical (unpaired) electrons. The molecule has 2 nitrogen and oxygen atoms in total. The maximum absolute atomic E-state index is 6.20. The molecule has 0 fully saturated rings. The molecule has 2 aromatic rings. The van der Waals surface area contributed by atoms with Gasteiger partial charge in [0.05, 0.1) is 0 Å². The Balaban J connectivity index is 2.36. The van der Waals surface area contributed by atoms with Gasteiger partial charge in [-0.15, -0.1) is 0 Å². The Kier molecular flexibility index (Phi) is 4.84. The standard InChI is InChI=1S/C17H20BrNO/c1-11-8-9-12(2)16(10-11)20-17(13(3)19)14-6-4-5-7-15(14)18/h4-10,13,17H,19H2,1-3H3. The summed E-state index contributed by atoms with van der Waals surface area (Å²) < 4.78 is 7.22. The Labute approximate surface area is 129 Å². The molecule has 0 aromatic heterocycles. The molecule has 2 rings (SSSR count). The molecule has 0 aliphatic carbocycles. The first-order valence-electron chi connectivity index (χ1n) is 6.73. The zero-order chi connectivity index (χ0) is 14.7. The normalized spacial score (nSPS) is 13.8. The van der Waals surface area contributed by atoms with Crippen molar-refractivity contribution in [3.05, 3.63) is 63.6 Å². The van der Waals surface area contributed by atoms with Crippen LogP contribution in [-0.4, -0.2) is 6.04 Å².